The topological polar surface area (TPSA) is 195 Å². The zero-order valence-corrected chi connectivity index (χ0v) is 33.7. The lowest BCUT2D eigenvalue weighted by molar-refractivity contribution is -0.694. The largest absolute Gasteiger partial charge is 0.477 e. The van der Waals surface area contributed by atoms with Crippen LogP contribution >= 0.6 is 23.1 Å². The molecule has 0 spiro atoms. The Morgan fingerprint density at radius 2 is 1.65 bits per heavy atom. The number of aromatic nitrogens is 2. The number of benzene rings is 3. The summed E-state index contributed by atoms with van der Waals surface area (Å²) in [6, 6.07) is 32.2. The molecule has 5 aromatic rings. The second kappa shape index (κ2) is 17.2. The number of β-lactam (4-membered cyclic amide) rings is 1. The molecule has 0 aliphatic carbocycles. The predicted molar refractivity (Wildman–Crippen MR) is 225 cm³/mol. The number of oxime groups is 1. The lowest BCUT2D eigenvalue weighted by Crippen LogP contribution is -2.71. The monoisotopic (exact) mass is 843 g/mol. The SMILES string of the molecule is Cc1c(NC=O)ccc[n+]1CC1=C(C(=O)O)N2C(=O)[C@@H](NC(=O)C(=NO[C@H]3CCNC3=O)c3csc(NC(c4ccccc4)(c4ccccc4)c4ccccc4)n3)[C@@H]2SC1. The van der Waals surface area contributed by atoms with Crippen molar-refractivity contribution < 1.29 is 38.5 Å². The van der Waals surface area contributed by atoms with Crippen LogP contribution in [0.25, 0.3) is 0 Å². The van der Waals surface area contributed by atoms with Crippen LogP contribution in [-0.2, 0) is 40.9 Å². The fraction of sp³-hybridized carbons (Fsp3) is 0.209. The van der Waals surface area contributed by atoms with Gasteiger partial charge in [-0.05, 0) is 22.8 Å². The van der Waals surface area contributed by atoms with Crippen LogP contribution in [0.15, 0.2) is 131 Å². The van der Waals surface area contributed by atoms with Gasteiger partial charge in [-0.25, -0.2) is 9.78 Å². The van der Waals surface area contributed by atoms with Crippen LogP contribution in [0.5, 0.6) is 0 Å². The quantitative estimate of drug-likeness (QED) is 0.0259. The van der Waals surface area contributed by atoms with E-state index < -0.39 is 40.8 Å². The van der Waals surface area contributed by atoms with Crippen molar-refractivity contribution in [2.45, 2.75) is 42.9 Å². The van der Waals surface area contributed by atoms with Gasteiger partial charge in [-0.3, -0.25) is 24.1 Å². The van der Waals surface area contributed by atoms with Crippen LogP contribution in [0.2, 0.25) is 0 Å². The molecule has 2 fully saturated rings. The van der Waals surface area contributed by atoms with E-state index in [1.54, 1.807) is 35.2 Å². The molecular weight excluding hydrogens is 805 g/mol. The van der Waals surface area contributed by atoms with Gasteiger partial charge in [0.15, 0.2) is 23.6 Å². The molecule has 4 amide bonds. The molecule has 2 aromatic heterocycles. The predicted octanol–water partition coefficient (Wildman–Crippen LogP) is 3.76. The van der Waals surface area contributed by atoms with Crippen molar-refractivity contribution in [3.8, 4) is 0 Å². The van der Waals surface area contributed by atoms with Crippen LogP contribution < -0.4 is 25.8 Å². The molecule has 2 saturated heterocycles. The van der Waals surface area contributed by atoms with Crippen molar-refractivity contribution in [3.05, 3.63) is 154 Å². The molecule has 304 valence electrons. The summed E-state index contributed by atoms with van der Waals surface area (Å²) >= 11 is 2.56. The molecule has 0 radical (unpaired) electrons. The van der Waals surface area contributed by atoms with E-state index in [4.69, 9.17) is 9.82 Å². The first-order valence-corrected chi connectivity index (χ1v) is 20.9. The summed E-state index contributed by atoms with van der Waals surface area (Å²) in [6.07, 6.45) is 1.73. The van der Waals surface area contributed by atoms with E-state index in [0.717, 1.165) is 16.7 Å². The molecule has 15 nitrogen and oxygen atoms in total. The van der Waals surface area contributed by atoms with Gasteiger partial charge in [0.2, 0.25) is 18.2 Å². The number of hydrogen-bond donors (Lipinski definition) is 5. The molecule has 3 aliphatic rings. The minimum absolute atomic E-state index is 0.133. The lowest BCUT2D eigenvalue weighted by atomic mass is 9.77. The van der Waals surface area contributed by atoms with E-state index in [-0.39, 0.29) is 35.3 Å². The number of carbonyl (C=O) groups is 5. The molecule has 3 aromatic carbocycles. The number of carboxylic acid groups (broad SMARTS) is 1. The van der Waals surface area contributed by atoms with Gasteiger partial charge in [-0.2, -0.15) is 4.57 Å². The lowest BCUT2D eigenvalue weighted by Gasteiger charge is -2.49. The minimum Gasteiger partial charge on any atom is -0.477 e. The van der Waals surface area contributed by atoms with E-state index >= 15 is 0 Å². The maximum Gasteiger partial charge on any atom is 0.352 e. The summed E-state index contributed by atoms with van der Waals surface area (Å²) in [5, 5.41) is 27.7. The summed E-state index contributed by atoms with van der Waals surface area (Å²) in [7, 11) is 0. The Labute approximate surface area is 352 Å². The molecule has 0 unspecified atom stereocenters. The second-order valence-electron chi connectivity index (χ2n) is 14.1. The van der Waals surface area contributed by atoms with Gasteiger partial charge in [0.25, 0.3) is 17.7 Å². The van der Waals surface area contributed by atoms with E-state index in [1.165, 1.54) is 28.0 Å². The number of nitrogens with zero attached hydrogens (tertiary/aromatic N) is 4. The number of thioether (sulfide) groups is 1. The van der Waals surface area contributed by atoms with Crippen molar-refractivity contribution in [1.82, 2.24) is 20.5 Å². The first-order chi connectivity index (χ1) is 29.2. The highest BCUT2D eigenvalue weighted by molar-refractivity contribution is 8.00. The van der Waals surface area contributed by atoms with Crippen LogP contribution in [0.3, 0.4) is 0 Å². The Morgan fingerprint density at radius 3 is 2.23 bits per heavy atom. The van der Waals surface area contributed by atoms with Gasteiger partial charge in [-0.1, -0.05) is 96.2 Å². The molecule has 0 saturated carbocycles. The van der Waals surface area contributed by atoms with Crippen molar-refractivity contribution in [2.75, 3.05) is 22.9 Å². The number of carbonyl (C=O) groups excluding carboxylic acids is 4. The summed E-state index contributed by atoms with van der Waals surface area (Å²) in [4.78, 5) is 75.9. The Hall–Kier alpha value is -6.85. The molecular formula is C43H39N8O7S2+. The van der Waals surface area contributed by atoms with Gasteiger partial charge >= 0.3 is 5.97 Å². The maximum atomic E-state index is 14.2. The number of hydrogen-bond acceptors (Lipinski definition) is 11. The third-order valence-corrected chi connectivity index (χ3v) is 12.7. The number of anilines is 2. The third kappa shape index (κ3) is 7.59. The summed E-state index contributed by atoms with van der Waals surface area (Å²) in [6.45, 7) is 2.34. The summed E-state index contributed by atoms with van der Waals surface area (Å²) in [5.74, 6) is -2.79. The van der Waals surface area contributed by atoms with Gasteiger partial charge in [-0.15, -0.1) is 23.1 Å². The number of aliphatic carboxylic acids is 1. The minimum atomic E-state index is -1.28. The smallest absolute Gasteiger partial charge is 0.352 e. The average Bonchev–Trinajstić information content (AvgIpc) is 3.92. The van der Waals surface area contributed by atoms with Crippen molar-refractivity contribution in [1.29, 1.82) is 0 Å². The highest BCUT2D eigenvalue weighted by atomic mass is 32.2. The molecule has 3 atom stereocenters. The molecule has 5 N–H and O–H groups in total. The fourth-order valence-corrected chi connectivity index (χ4v) is 9.70. The van der Waals surface area contributed by atoms with Crippen molar-refractivity contribution in [2.24, 2.45) is 5.16 Å². The highest BCUT2D eigenvalue weighted by Gasteiger charge is 2.55. The number of carboxylic acids is 1. The van der Waals surface area contributed by atoms with E-state index in [2.05, 4.69) is 26.4 Å². The van der Waals surface area contributed by atoms with Crippen LogP contribution in [0.1, 0.15) is 34.5 Å². The first kappa shape index (κ1) is 40.0. The molecule has 0 bridgehead atoms. The zero-order valence-electron chi connectivity index (χ0n) is 32.1. The van der Waals surface area contributed by atoms with Crippen molar-refractivity contribution >= 4 is 69.7 Å². The number of nitrogens with one attached hydrogen (secondary N) is 4. The maximum absolute atomic E-state index is 14.2. The Kier molecular flexibility index (Phi) is 11.4. The average molecular weight is 844 g/mol. The van der Waals surface area contributed by atoms with Crippen molar-refractivity contribution in [3.63, 3.8) is 0 Å². The Bertz CT molecular complexity index is 2420. The van der Waals surface area contributed by atoms with E-state index in [9.17, 15) is 29.1 Å². The van der Waals surface area contributed by atoms with E-state index in [1.807, 2.05) is 91.0 Å². The number of amides is 4. The number of pyridine rings is 1. The molecule has 60 heavy (non-hydrogen) atoms. The van der Waals surface area contributed by atoms with E-state index in [0.29, 0.717) is 41.5 Å². The Morgan fingerprint density at radius 1 is 1.00 bits per heavy atom. The molecule has 17 heteroatoms. The highest BCUT2D eigenvalue weighted by Crippen LogP contribution is 2.42. The van der Waals surface area contributed by atoms with Gasteiger partial charge < -0.3 is 31.2 Å². The standard InChI is InChI=1S/C43H38N8O7S2/c1-26-31(45-25-52)18-11-21-50(26)22-27-23-59-40-35(39(55)51(40)36(27)41(56)57)47-38(54)34(49-58-33-19-20-44-37(33)53)32-24-60-42(46-32)48-43(28-12-5-2-6-13-28,29-14-7-3-8-15-29)30-16-9-4-10-17-30/h2-18,21,24-25,33,35,40H,19-20,22-23H2,1H3,(H4-,44,45,46,47,48,52,53,54,56,57)/p+1/t33-,35+,40-/m0/s1. The molecule has 8 rings (SSSR count). The second-order valence-corrected chi connectivity index (χ2v) is 16.1. The van der Waals surface area contributed by atoms with Crippen LogP contribution in [0, 0.1) is 6.92 Å². The van der Waals surface area contributed by atoms with Crippen LogP contribution in [-0.4, -0.2) is 80.6 Å². The first-order valence-electron chi connectivity index (χ1n) is 19.0. The summed E-state index contributed by atoms with van der Waals surface area (Å²) < 4.78 is 1.79. The summed E-state index contributed by atoms with van der Waals surface area (Å²) in [5.41, 5.74) is 3.36. The van der Waals surface area contributed by atoms with Crippen LogP contribution in [0.4, 0.5) is 10.8 Å². The number of rotatable bonds is 15. The zero-order chi connectivity index (χ0) is 41.8. The normalized spacial score (nSPS) is 18.9. The molecule has 3 aliphatic heterocycles. The fourth-order valence-electron chi connectivity index (χ4n) is 7.61. The third-order valence-electron chi connectivity index (χ3n) is 10.6. The van der Waals surface area contributed by atoms with Gasteiger partial charge in [0.05, 0.1) is 0 Å². The number of fused-ring (bicyclic) bond motifs is 1. The Balaban J connectivity index is 1.09. The molecule has 5 heterocycles. The van der Waals surface area contributed by atoms with Gasteiger partial charge in [0, 0.05) is 42.7 Å². The van der Waals surface area contributed by atoms with Gasteiger partial charge in [0.1, 0.15) is 34.0 Å². The number of thiazole rings is 1.